The third kappa shape index (κ3) is 4.30. The highest BCUT2D eigenvalue weighted by Gasteiger charge is 2.18. The minimum Gasteiger partial charge on any atom is -0.548 e. The van der Waals surface area contributed by atoms with Crippen molar-refractivity contribution in [3.8, 4) is 23.1 Å². The maximum atomic E-state index is 11.9. The van der Waals surface area contributed by atoms with Crippen LogP contribution in [0.1, 0.15) is 29.9 Å². The van der Waals surface area contributed by atoms with Crippen LogP contribution in [0.25, 0.3) is 11.3 Å². The van der Waals surface area contributed by atoms with E-state index in [0.29, 0.717) is 46.3 Å². The zero-order valence-corrected chi connectivity index (χ0v) is 15.9. The van der Waals surface area contributed by atoms with E-state index in [9.17, 15) is 15.1 Å². The standard InChI is InChI=1S/C21H20N4O4/c1-3-29-18-9-15(19-12-23-13(2)25(19)28)8-16(10-18)20(21(26)27)24-17-6-4-14(11-22)5-7-17/h4-10,12,20,24,28H,3H2,1-2H3,(H,26,27)/p-1. The number of ether oxygens (including phenoxy) is 1. The third-order valence-corrected chi connectivity index (χ3v) is 4.34. The van der Waals surface area contributed by atoms with E-state index in [0.717, 1.165) is 4.73 Å². The van der Waals surface area contributed by atoms with Crippen molar-refractivity contribution in [2.24, 2.45) is 0 Å². The first-order valence-electron chi connectivity index (χ1n) is 8.92. The van der Waals surface area contributed by atoms with Crippen LogP contribution < -0.4 is 15.2 Å². The van der Waals surface area contributed by atoms with Crippen LogP contribution in [0.4, 0.5) is 5.69 Å². The molecule has 1 atom stereocenters. The number of carbonyl (C=O) groups excluding carboxylic acids is 1. The summed E-state index contributed by atoms with van der Waals surface area (Å²) in [5.74, 6) is -0.482. The maximum absolute atomic E-state index is 11.9. The summed E-state index contributed by atoms with van der Waals surface area (Å²) in [4.78, 5) is 15.9. The molecule has 0 spiro atoms. The second-order valence-electron chi connectivity index (χ2n) is 6.31. The molecular formula is C21H19N4O4-. The number of aromatic nitrogens is 2. The Morgan fingerprint density at radius 3 is 2.62 bits per heavy atom. The lowest BCUT2D eigenvalue weighted by atomic mass is 10.0. The molecule has 8 heteroatoms. The van der Waals surface area contributed by atoms with Gasteiger partial charge in [0.1, 0.15) is 17.3 Å². The van der Waals surface area contributed by atoms with Crippen LogP contribution in [0.15, 0.2) is 48.7 Å². The topological polar surface area (TPSA) is 123 Å². The number of imidazole rings is 1. The van der Waals surface area contributed by atoms with Crippen molar-refractivity contribution in [2.45, 2.75) is 19.9 Å². The number of benzene rings is 2. The van der Waals surface area contributed by atoms with E-state index in [1.807, 2.05) is 13.0 Å². The molecule has 1 unspecified atom stereocenters. The van der Waals surface area contributed by atoms with Crippen molar-refractivity contribution in [3.05, 3.63) is 65.6 Å². The highest BCUT2D eigenvalue weighted by Crippen LogP contribution is 2.30. The molecule has 0 bridgehead atoms. The fourth-order valence-corrected chi connectivity index (χ4v) is 2.91. The average Bonchev–Trinajstić information content (AvgIpc) is 3.05. The van der Waals surface area contributed by atoms with Crippen molar-refractivity contribution >= 4 is 11.7 Å². The summed E-state index contributed by atoms with van der Waals surface area (Å²) in [7, 11) is 0. The Morgan fingerprint density at radius 2 is 2.07 bits per heavy atom. The Balaban J connectivity index is 2.03. The lowest BCUT2D eigenvalue weighted by Gasteiger charge is -2.23. The van der Waals surface area contributed by atoms with Gasteiger partial charge >= 0.3 is 0 Å². The molecule has 0 amide bonds. The molecule has 0 fully saturated rings. The highest BCUT2D eigenvalue weighted by molar-refractivity contribution is 5.79. The summed E-state index contributed by atoms with van der Waals surface area (Å²) in [5.41, 5.74) is 2.31. The van der Waals surface area contributed by atoms with E-state index in [-0.39, 0.29) is 0 Å². The molecule has 0 saturated heterocycles. The van der Waals surface area contributed by atoms with Crippen LogP contribution in [0.2, 0.25) is 0 Å². The molecule has 0 aliphatic carbocycles. The molecule has 2 N–H and O–H groups in total. The summed E-state index contributed by atoms with van der Waals surface area (Å²) < 4.78 is 6.50. The summed E-state index contributed by atoms with van der Waals surface area (Å²) in [6, 6.07) is 12.2. The largest absolute Gasteiger partial charge is 0.548 e. The van der Waals surface area contributed by atoms with Crippen LogP contribution in [0.3, 0.4) is 0 Å². The predicted octanol–water partition coefficient (Wildman–Crippen LogP) is 2.27. The average molecular weight is 391 g/mol. The summed E-state index contributed by atoms with van der Waals surface area (Å²) in [5, 5.41) is 33.9. The molecule has 0 aliphatic heterocycles. The Morgan fingerprint density at radius 1 is 1.34 bits per heavy atom. The normalized spacial score (nSPS) is 11.5. The number of nitrogens with one attached hydrogen (secondary N) is 1. The lowest BCUT2D eigenvalue weighted by molar-refractivity contribution is -0.307. The van der Waals surface area contributed by atoms with Crippen LogP contribution in [-0.4, -0.2) is 27.5 Å². The van der Waals surface area contributed by atoms with Gasteiger partial charge in [-0.2, -0.15) is 9.99 Å². The first kappa shape index (κ1) is 19.8. The second-order valence-corrected chi connectivity index (χ2v) is 6.31. The Labute approximate surface area is 167 Å². The number of nitriles is 1. The van der Waals surface area contributed by atoms with Crippen molar-refractivity contribution in [1.82, 2.24) is 9.71 Å². The summed E-state index contributed by atoms with van der Waals surface area (Å²) in [6.07, 6.45) is 1.49. The first-order valence-corrected chi connectivity index (χ1v) is 8.92. The number of carboxylic acid groups (broad SMARTS) is 1. The Kier molecular flexibility index (Phi) is 5.69. The van der Waals surface area contributed by atoms with E-state index in [4.69, 9.17) is 10.00 Å². The van der Waals surface area contributed by atoms with Crippen LogP contribution in [0.5, 0.6) is 5.75 Å². The van der Waals surface area contributed by atoms with Crippen LogP contribution in [-0.2, 0) is 4.79 Å². The van der Waals surface area contributed by atoms with Gasteiger partial charge in [-0.3, -0.25) is 0 Å². The minimum atomic E-state index is -1.33. The zero-order valence-electron chi connectivity index (χ0n) is 15.9. The second kappa shape index (κ2) is 8.35. The lowest BCUT2D eigenvalue weighted by Crippen LogP contribution is -2.34. The van der Waals surface area contributed by atoms with Crippen molar-refractivity contribution in [1.29, 1.82) is 5.26 Å². The van der Waals surface area contributed by atoms with E-state index in [1.54, 1.807) is 49.4 Å². The third-order valence-electron chi connectivity index (χ3n) is 4.34. The molecule has 0 saturated carbocycles. The highest BCUT2D eigenvalue weighted by atomic mass is 16.5. The minimum absolute atomic E-state index is 0.383. The van der Waals surface area contributed by atoms with Crippen molar-refractivity contribution in [2.75, 3.05) is 11.9 Å². The summed E-state index contributed by atoms with van der Waals surface area (Å²) >= 11 is 0. The molecule has 3 aromatic rings. The Hall–Kier alpha value is -3.99. The molecule has 2 aromatic carbocycles. The number of rotatable bonds is 7. The predicted molar refractivity (Wildman–Crippen MR) is 103 cm³/mol. The van der Waals surface area contributed by atoms with Crippen molar-refractivity contribution < 1.29 is 19.8 Å². The van der Waals surface area contributed by atoms with Crippen molar-refractivity contribution in [3.63, 3.8) is 0 Å². The van der Waals surface area contributed by atoms with Gasteiger partial charge in [-0.1, -0.05) is 0 Å². The van der Waals surface area contributed by atoms with Gasteiger partial charge in [0.15, 0.2) is 0 Å². The first-order chi connectivity index (χ1) is 13.9. The number of nitrogens with zero attached hydrogens (tertiary/aromatic N) is 3. The number of carbonyl (C=O) groups is 1. The van der Waals surface area contributed by atoms with Gasteiger partial charge in [0.05, 0.1) is 36.4 Å². The molecular weight excluding hydrogens is 372 g/mol. The smallest absolute Gasteiger partial charge is 0.142 e. The molecule has 3 rings (SSSR count). The SMILES string of the molecule is CCOc1cc(-c2cnc(C)n2O)cc(C(Nc2ccc(C#N)cc2)C(=O)[O-])c1. The fraction of sp³-hybridized carbons (Fsp3) is 0.190. The van der Waals surface area contributed by atoms with Gasteiger partial charge in [-0.05, 0) is 61.9 Å². The monoisotopic (exact) mass is 391 g/mol. The van der Waals surface area contributed by atoms with E-state index in [2.05, 4.69) is 10.3 Å². The van der Waals surface area contributed by atoms with Gasteiger partial charge < -0.3 is 25.2 Å². The number of carboxylic acids is 1. The number of aryl methyl sites for hydroxylation is 1. The number of aliphatic carboxylic acids is 1. The van der Waals surface area contributed by atoms with Crippen LogP contribution >= 0.6 is 0 Å². The van der Waals surface area contributed by atoms with Gasteiger partial charge in [0, 0.05) is 11.3 Å². The molecule has 0 radical (unpaired) electrons. The number of anilines is 1. The Bertz CT molecular complexity index is 1070. The number of hydrogen-bond donors (Lipinski definition) is 2. The fourth-order valence-electron chi connectivity index (χ4n) is 2.91. The van der Waals surface area contributed by atoms with Gasteiger partial charge in [0.2, 0.25) is 0 Å². The summed E-state index contributed by atoms with van der Waals surface area (Å²) in [6.45, 7) is 3.85. The van der Waals surface area contributed by atoms with E-state index in [1.165, 1.54) is 6.20 Å². The zero-order chi connectivity index (χ0) is 21.0. The number of hydrogen-bond acceptors (Lipinski definition) is 7. The maximum Gasteiger partial charge on any atom is 0.142 e. The van der Waals surface area contributed by atoms with Gasteiger partial charge in [-0.15, -0.1) is 0 Å². The molecule has 0 aliphatic rings. The quantitative estimate of drug-likeness (QED) is 0.592. The molecule has 148 valence electrons. The molecule has 1 heterocycles. The van der Waals surface area contributed by atoms with Gasteiger partial charge in [-0.25, -0.2) is 4.98 Å². The molecule has 1 aromatic heterocycles. The molecule has 29 heavy (non-hydrogen) atoms. The van der Waals surface area contributed by atoms with Crippen LogP contribution in [0, 0.1) is 18.3 Å². The van der Waals surface area contributed by atoms with E-state index >= 15 is 0 Å². The molecule has 8 nitrogen and oxygen atoms in total. The van der Waals surface area contributed by atoms with E-state index < -0.39 is 12.0 Å². The van der Waals surface area contributed by atoms with Gasteiger partial charge in [0.25, 0.3) is 0 Å².